The molecular weight excluding hydrogens is 290 g/mol. The van der Waals surface area contributed by atoms with E-state index in [-0.39, 0.29) is 12.1 Å². The summed E-state index contributed by atoms with van der Waals surface area (Å²) in [7, 11) is 1.33. The minimum absolute atomic E-state index is 0.188. The number of ether oxygens (including phenoxy) is 1. The standard InChI is InChI=1S/C14H21N3O3S/c1-3-17-7-4-10(5-8-17)15-14(19)16-11-6-9-21-12(11)13(18)20-2/h6,9-10H,3-5,7-8H2,1-2H3,(H2,15,16,19). The molecule has 1 aliphatic heterocycles. The minimum atomic E-state index is -0.434. The zero-order valence-corrected chi connectivity index (χ0v) is 13.2. The number of hydrogen-bond acceptors (Lipinski definition) is 5. The third-order valence-corrected chi connectivity index (χ3v) is 4.55. The first kappa shape index (κ1) is 15.8. The van der Waals surface area contributed by atoms with Crippen molar-refractivity contribution in [2.75, 3.05) is 32.1 Å². The first-order valence-corrected chi connectivity index (χ1v) is 7.97. The number of piperidine rings is 1. The smallest absolute Gasteiger partial charge is 0.350 e. The minimum Gasteiger partial charge on any atom is -0.465 e. The normalized spacial score (nSPS) is 16.5. The molecule has 1 aromatic heterocycles. The maximum absolute atomic E-state index is 12.0. The number of hydrogen-bond donors (Lipinski definition) is 2. The summed E-state index contributed by atoms with van der Waals surface area (Å²) in [4.78, 5) is 26.3. The number of carbonyl (C=O) groups excluding carboxylic acids is 2. The lowest BCUT2D eigenvalue weighted by atomic mass is 10.1. The molecule has 0 atom stereocenters. The molecule has 0 bridgehead atoms. The van der Waals surface area contributed by atoms with E-state index in [2.05, 4.69) is 27.2 Å². The van der Waals surface area contributed by atoms with Crippen molar-refractivity contribution in [1.82, 2.24) is 10.2 Å². The topological polar surface area (TPSA) is 70.7 Å². The molecule has 1 saturated heterocycles. The lowest BCUT2D eigenvalue weighted by Gasteiger charge is -2.31. The zero-order valence-electron chi connectivity index (χ0n) is 12.3. The van der Waals surface area contributed by atoms with Crippen molar-refractivity contribution in [2.24, 2.45) is 0 Å². The molecule has 2 rings (SSSR count). The predicted molar refractivity (Wildman–Crippen MR) is 82.9 cm³/mol. The molecule has 2 heterocycles. The van der Waals surface area contributed by atoms with Crippen LogP contribution in [0.15, 0.2) is 11.4 Å². The lowest BCUT2D eigenvalue weighted by Crippen LogP contribution is -2.45. The van der Waals surface area contributed by atoms with Gasteiger partial charge < -0.3 is 20.3 Å². The van der Waals surface area contributed by atoms with Gasteiger partial charge in [0.05, 0.1) is 12.8 Å². The summed E-state index contributed by atoms with van der Waals surface area (Å²) < 4.78 is 4.69. The first-order chi connectivity index (χ1) is 10.1. The molecule has 1 aliphatic rings. The fourth-order valence-electron chi connectivity index (χ4n) is 2.40. The molecular formula is C14H21N3O3S. The van der Waals surface area contributed by atoms with Crippen molar-refractivity contribution in [3.05, 3.63) is 16.3 Å². The third kappa shape index (κ3) is 4.18. The molecule has 2 N–H and O–H groups in total. The van der Waals surface area contributed by atoms with Gasteiger partial charge >= 0.3 is 12.0 Å². The average Bonchev–Trinajstić information content (AvgIpc) is 2.95. The van der Waals surface area contributed by atoms with Crippen LogP contribution in [0, 0.1) is 0 Å². The molecule has 0 aromatic carbocycles. The number of nitrogens with zero attached hydrogens (tertiary/aromatic N) is 1. The number of likely N-dealkylation sites (tertiary alicyclic amines) is 1. The highest BCUT2D eigenvalue weighted by Crippen LogP contribution is 2.23. The number of carbonyl (C=O) groups is 2. The number of anilines is 1. The van der Waals surface area contributed by atoms with E-state index in [1.54, 1.807) is 11.4 Å². The van der Waals surface area contributed by atoms with Gasteiger partial charge in [-0.1, -0.05) is 6.92 Å². The molecule has 0 radical (unpaired) electrons. The van der Waals surface area contributed by atoms with E-state index in [4.69, 9.17) is 0 Å². The molecule has 0 spiro atoms. The van der Waals surface area contributed by atoms with E-state index >= 15 is 0 Å². The van der Waals surface area contributed by atoms with Crippen LogP contribution in [-0.4, -0.2) is 49.7 Å². The molecule has 21 heavy (non-hydrogen) atoms. The Balaban J connectivity index is 1.85. The molecule has 2 amide bonds. The molecule has 0 saturated carbocycles. The van der Waals surface area contributed by atoms with Crippen LogP contribution in [0.3, 0.4) is 0 Å². The number of esters is 1. The SMILES string of the molecule is CCN1CCC(NC(=O)Nc2ccsc2C(=O)OC)CC1. The van der Waals surface area contributed by atoms with Crippen molar-refractivity contribution in [3.63, 3.8) is 0 Å². The van der Waals surface area contributed by atoms with Gasteiger partial charge in [-0.2, -0.15) is 0 Å². The summed E-state index contributed by atoms with van der Waals surface area (Å²) >= 11 is 1.25. The molecule has 6 nitrogen and oxygen atoms in total. The predicted octanol–water partition coefficient (Wildman–Crippen LogP) is 2.14. The number of rotatable bonds is 4. The quantitative estimate of drug-likeness (QED) is 0.836. The fraction of sp³-hybridized carbons (Fsp3) is 0.571. The molecule has 0 unspecified atom stereocenters. The van der Waals surface area contributed by atoms with Gasteiger partial charge in [-0.15, -0.1) is 11.3 Å². The van der Waals surface area contributed by atoms with Crippen LogP contribution < -0.4 is 10.6 Å². The van der Waals surface area contributed by atoms with E-state index in [1.807, 2.05) is 0 Å². The van der Waals surface area contributed by atoms with E-state index in [9.17, 15) is 9.59 Å². The van der Waals surface area contributed by atoms with E-state index in [0.717, 1.165) is 32.5 Å². The second kappa shape index (κ2) is 7.42. The highest BCUT2D eigenvalue weighted by molar-refractivity contribution is 7.12. The number of thiophene rings is 1. The van der Waals surface area contributed by atoms with Gasteiger partial charge in [0.25, 0.3) is 0 Å². The van der Waals surface area contributed by atoms with E-state index < -0.39 is 5.97 Å². The maximum atomic E-state index is 12.0. The lowest BCUT2D eigenvalue weighted by molar-refractivity contribution is 0.0607. The number of urea groups is 1. The Morgan fingerprint density at radius 3 is 2.76 bits per heavy atom. The van der Waals surface area contributed by atoms with Crippen LogP contribution >= 0.6 is 11.3 Å². The van der Waals surface area contributed by atoms with Crippen LogP contribution in [0.25, 0.3) is 0 Å². The Labute approximate surface area is 128 Å². The van der Waals surface area contributed by atoms with Crippen LogP contribution in [0.1, 0.15) is 29.4 Å². The summed E-state index contributed by atoms with van der Waals surface area (Å²) in [6.07, 6.45) is 1.91. The highest BCUT2D eigenvalue weighted by Gasteiger charge is 2.21. The monoisotopic (exact) mass is 311 g/mol. The molecule has 7 heteroatoms. The largest absolute Gasteiger partial charge is 0.465 e. The Bertz CT molecular complexity index is 495. The van der Waals surface area contributed by atoms with Crippen LogP contribution in [0.5, 0.6) is 0 Å². The first-order valence-electron chi connectivity index (χ1n) is 7.09. The third-order valence-electron chi connectivity index (χ3n) is 3.65. The van der Waals surface area contributed by atoms with Gasteiger partial charge in [0, 0.05) is 19.1 Å². The summed E-state index contributed by atoms with van der Waals surface area (Å²) in [5, 5.41) is 7.44. The van der Waals surface area contributed by atoms with Crippen molar-refractivity contribution in [2.45, 2.75) is 25.8 Å². The number of methoxy groups -OCH3 is 1. The van der Waals surface area contributed by atoms with E-state index in [0.29, 0.717) is 10.6 Å². The van der Waals surface area contributed by atoms with Gasteiger partial charge in [0.2, 0.25) is 0 Å². The second-order valence-corrected chi connectivity index (χ2v) is 5.88. The Morgan fingerprint density at radius 2 is 2.14 bits per heavy atom. The summed E-state index contributed by atoms with van der Waals surface area (Å²) in [6.45, 7) is 5.21. The Hall–Kier alpha value is -1.60. The zero-order chi connectivity index (χ0) is 15.2. The van der Waals surface area contributed by atoms with Crippen molar-refractivity contribution in [1.29, 1.82) is 0 Å². The highest BCUT2D eigenvalue weighted by atomic mass is 32.1. The second-order valence-electron chi connectivity index (χ2n) is 4.96. The Morgan fingerprint density at radius 1 is 1.43 bits per heavy atom. The maximum Gasteiger partial charge on any atom is 0.350 e. The van der Waals surface area contributed by atoms with Crippen LogP contribution in [0.2, 0.25) is 0 Å². The molecule has 1 fully saturated rings. The summed E-state index contributed by atoms with van der Waals surface area (Å²) in [6, 6.07) is 1.62. The van der Waals surface area contributed by atoms with Gasteiger partial charge in [-0.3, -0.25) is 0 Å². The summed E-state index contributed by atoms with van der Waals surface area (Å²) in [5.74, 6) is -0.434. The summed E-state index contributed by atoms with van der Waals surface area (Å²) in [5.41, 5.74) is 0.496. The molecule has 1 aromatic rings. The van der Waals surface area contributed by atoms with Gasteiger partial charge in [-0.25, -0.2) is 9.59 Å². The van der Waals surface area contributed by atoms with Crippen LogP contribution in [-0.2, 0) is 4.74 Å². The molecule has 116 valence electrons. The van der Waals surface area contributed by atoms with Crippen molar-refractivity contribution in [3.8, 4) is 0 Å². The Kier molecular flexibility index (Phi) is 5.58. The number of nitrogens with one attached hydrogen (secondary N) is 2. The number of amides is 2. The average molecular weight is 311 g/mol. The van der Waals surface area contributed by atoms with Crippen LogP contribution in [0.4, 0.5) is 10.5 Å². The van der Waals surface area contributed by atoms with E-state index in [1.165, 1.54) is 18.4 Å². The van der Waals surface area contributed by atoms with Gasteiger partial charge in [0.15, 0.2) is 0 Å². The fourth-order valence-corrected chi connectivity index (χ4v) is 3.16. The van der Waals surface area contributed by atoms with Crippen molar-refractivity contribution >= 4 is 29.0 Å². The molecule has 0 aliphatic carbocycles. The van der Waals surface area contributed by atoms with Crippen molar-refractivity contribution < 1.29 is 14.3 Å². The van der Waals surface area contributed by atoms with Gasteiger partial charge in [-0.05, 0) is 30.8 Å². The van der Waals surface area contributed by atoms with Gasteiger partial charge in [0.1, 0.15) is 4.88 Å².